The number of carboxylic acids is 1. The van der Waals surface area contributed by atoms with E-state index in [1.54, 1.807) is 4.90 Å². The Morgan fingerprint density at radius 1 is 0.921 bits per heavy atom. The fraction of sp³-hybridized carbons (Fsp3) is 0.655. The Hall–Kier alpha value is -3.10. The van der Waals surface area contributed by atoms with Gasteiger partial charge >= 0.3 is 12.1 Å². The number of carbonyl (C=O) groups excluding carboxylic acids is 3. The van der Waals surface area contributed by atoms with Gasteiger partial charge in [-0.15, -0.1) is 0 Å². The van der Waals surface area contributed by atoms with Crippen LogP contribution in [0.2, 0.25) is 0 Å². The van der Waals surface area contributed by atoms with E-state index < -0.39 is 41.1 Å². The number of hydrogen-bond acceptors (Lipinski definition) is 5. The molecule has 9 nitrogen and oxygen atoms in total. The van der Waals surface area contributed by atoms with Gasteiger partial charge in [-0.05, 0) is 63.9 Å². The van der Waals surface area contributed by atoms with E-state index in [4.69, 9.17) is 4.74 Å². The summed E-state index contributed by atoms with van der Waals surface area (Å²) >= 11 is 0. The van der Waals surface area contributed by atoms with Gasteiger partial charge in [0.25, 0.3) is 0 Å². The molecule has 212 valence electrons. The molecule has 0 spiro atoms. The van der Waals surface area contributed by atoms with Gasteiger partial charge < -0.3 is 25.4 Å². The highest BCUT2D eigenvalue weighted by Crippen LogP contribution is 2.36. The van der Waals surface area contributed by atoms with Crippen LogP contribution in [-0.2, 0) is 24.5 Å². The van der Waals surface area contributed by atoms with Crippen LogP contribution in [0, 0.1) is 11.8 Å². The Bertz CT molecular complexity index is 962. The molecular weight excluding hydrogens is 486 g/mol. The number of nitrogens with one attached hydrogen (secondary N) is 2. The Labute approximate surface area is 226 Å². The molecule has 0 radical (unpaired) electrons. The molecule has 2 atom stereocenters. The maximum absolute atomic E-state index is 14.0. The van der Waals surface area contributed by atoms with E-state index in [0.717, 1.165) is 5.56 Å². The molecule has 38 heavy (non-hydrogen) atoms. The fourth-order valence-electron chi connectivity index (χ4n) is 4.77. The zero-order valence-corrected chi connectivity index (χ0v) is 23.9. The van der Waals surface area contributed by atoms with Gasteiger partial charge in [-0.2, -0.15) is 0 Å². The molecule has 1 aromatic rings. The average molecular weight is 532 g/mol. The SMILES string of the molecule is CC(C)CC(NC(=O)C(CC(C)C)NC(=O)C1(c2ccccc2)CCN(C(=O)OC(C)(C)C)CC1)C(=O)O. The van der Waals surface area contributed by atoms with E-state index >= 15 is 0 Å². The standard InChI is InChI=1S/C29H45N3O6/c1-19(2)17-22(24(33)30-23(25(34)35)18-20(3)4)31-26(36)29(21-11-9-8-10-12-21)13-15-32(16-14-29)27(37)38-28(5,6)7/h8-12,19-20,22-23H,13-18H2,1-7H3,(H,30,33)(H,31,36)(H,34,35). The number of carbonyl (C=O) groups is 4. The lowest BCUT2D eigenvalue weighted by molar-refractivity contribution is -0.143. The van der Waals surface area contributed by atoms with Crippen molar-refractivity contribution in [1.29, 1.82) is 0 Å². The van der Waals surface area contributed by atoms with E-state index in [1.807, 2.05) is 78.8 Å². The van der Waals surface area contributed by atoms with Crippen LogP contribution in [0.3, 0.4) is 0 Å². The van der Waals surface area contributed by atoms with Gasteiger partial charge in [0.1, 0.15) is 17.7 Å². The summed E-state index contributed by atoms with van der Waals surface area (Å²) < 4.78 is 5.52. The summed E-state index contributed by atoms with van der Waals surface area (Å²) in [7, 11) is 0. The van der Waals surface area contributed by atoms with Crippen molar-refractivity contribution in [3.63, 3.8) is 0 Å². The Kier molecular flexibility index (Phi) is 10.7. The Morgan fingerprint density at radius 2 is 1.45 bits per heavy atom. The summed E-state index contributed by atoms with van der Waals surface area (Å²) in [6.45, 7) is 13.8. The van der Waals surface area contributed by atoms with Crippen molar-refractivity contribution in [2.75, 3.05) is 13.1 Å². The van der Waals surface area contributed by atoms with Crippen molar-refractivity contribution in [3.8, 4) is 0 Å². The molecule has 1 aromatic carbocycles. The number of ether oxygens (including phenoxy) is 1. The van der Waals surface area contributed by atoms with Crippen LogP contribution in [0.25, 0.3) is 0 Å². The molecule has 3 N–H and O–H groups in total. The van der Waals surface area contributed by atoms with Crippen LogP contribution in [-0.4, -0.2) is 64.7 Å². The van der Waals surface area contributed by atoms with E-state index in [-0.39, 0.29) is 24.2 Å². The van der Waals surface area contributed by atoms with Crippen molar-refractivity contribution < 1.29 is 29.0 Å². The number of hydrogen-bond donors (Lipinski definition) is 3. The van der Waals surface area contributed by atoms with Gasteiger partial charge in [0.15, 0.2) is 0 Å². The number of benzene rings is 1. The van der Waals surface area contributed by atoms with Gasteiger partial charge in [0, 0.05) is 13.1 Å². The summed E-state index contributed by atoms with van der Waals surface area (Å²) in [6.07, 6.45) is 0.964. The molecule has 1 saturated heterocycles. The number of amides is 3. The smallest absolute Gasteiger partial charge is 0.410 e. The summed E-state index contributed by atoms with van der Waals surface area (Å²) in [6, 6.07) is 7.47. The van der Waals surface area contributed by atoms with Crippen molar-refractivity contribution in [1.82, 2.24) is 15.5 Å². The third kappa shape index (κ3) is 8.74. The number of likely N-dealkylation sites (tertiary alicyclic amines) is 1. The zero-order chi connectivity index (χ0) is 28.7. The molecule has 1 aliphatic heterocycles. The molecule has 0 aliphatic carbocycles. The van der Waals surface area contributed by atoms with Gasteiger partial charge in [-0.3, -0.25) is 9.59 Å². The highest BCUT2D eigenvalue weighted by molar-refractivity contribution is 5.94. The normalized spacial score (nSPS) is 17.0. The predicted molar refractivity (Wildman–Crippen MR) is 146 cm³/mol. The lowest BCUT2D eigenvalue weighted by Crippen LogP contribution is -2.58. The lowest BCUT2D eigenvalue weighted by Gasteiger charge is -2.42. The predicted octanol–water partition coefficient (Wildman–Crippen LogP) is 4.10. The van der Waals surface area contributed by atoms with Crippen LogP contribution in [0.15, 0.2) is 30.3 Å². The third-order valence-electron chi connectivity index (χ3n) is 6.68. The molecule has 1 aliphatic rings. The van der Waals surface area contributed by atoms with E-state index in [1.165, 1.54) is 0 Å². The Morgan fingerprint density at radius 3 is 1.92 bits per heavy atom. The molecule has 1 heterocycles. The molecular formula is C29H45N3O6. The molecule has 0 bridgehead atoms. The van der Waals surface area contributed by atoms with Crippen LogP contribution in [0.4, 0.5) is 4.79 Å². The van der Waals surface area contributed by atoms with Crippen LogP contribution in [0.1, 0.15) is 79.7 Å². The molecule has 2 unspecified atom stereocenters. The van der Waals surface area contributed by atoms with Crippen molar-refractivity contribution in [2.24, 2.45) is 11.8 Å². The summed E-state index contributed by atoms with van der Waals surface area (Å²) in [5.41, 5.74) is -0.754. The number of rotatable bonds is 10. The maximum Gasteiger partial charge on any atom is 0.410 e. The molecule has 9 heteroatoms. The van der Waals surface area contributed by atoms with Crippen LogP contribution in [0.5, 0.6) is 0 Å². The van der Waals surface area contributed by atoms with Gasteiger partial charge in [0.2, 0.25) is 11.8 Å². The third-order valence-corrected chi connectivity index (χ3v) is 6.68. The maximum atomic E-state index is 14.0. The summed E-state index contributed by atoms with van der Waals surface area (Å²) in [5, 5.41) is 15.2. The largest absolute Gasteiger partial charge is 0.480 e. The topological polar surface area (TPSA) is 125 Å². The number of piperidine rings is 1. The first-order valence-corrected chi connectivity index (χ1v) is 13.5. The van der Waals surface area contributed by atoms with E-state index in [0.29, 0.717) is 32.4 Å². The molecule has 2 rings (SSSR count). The first-order chi connectivity index (χ1) is 17.6. The molecule has 1 fully saturated rings. The first kappa shape index (κ1) is 31.1. The molecule has 0 saturated carbocycles. The number of nitrogens with zero attached hydrogens (tertiary/aromatic N) is 1. The lowest BCUT2D eigenvalue weighted by atomic mass is 9.71. The minimum absolute atomic E-state index is 0.0750. The quantitative estimate of drug-likeness (QED) is 0.417. The van der Waals surface area contributed by atoms with Crippen LogP contribution < -0.4 is 10.6 Å². The second-order valence-electron chi connectivity index (χ2n) is 12.1. The van der Waals surface area contributed by atoms with Crippen molar-refractivity contribution in [2.45, 2.75) is 97.2 Å². The zero-order valence-electron chi connectivity index (χ0n) is 23.9. The highest BCUT2D eigenvalue weighted by Gasteiger charge is 2.45. The first-order valence-electron chi connectivity index (χ1n) is 13.5. The number of aliphatic carboxylic acids is 1. The fourth-order valence-corrected chi connectivity index (χ4v) is 4.77. The average Bonchev–Trinajstić information content (AvgIpc) is 2.82. The van der Waals surface area contributed by atoms with Crippen molar-refractivity contribution in [3.05, 3.63) is 35.9 Å². The van der Waals surface area contributed by atoms with Crippen LogP contribution >= 0.6 is 0 Å². The Balaban J connectivity index is 2.29. The van der Waals surface area contributed by atoms with E-state index in [9.17, 15) is 24.3 Å². The monoisotopic (exact) mass is 531 g/mol. The van der Waals surface area contributed by atoms with Gasteiger partial charge in [-0.1, -0.05) is 58.0 Å². The van der Waals surface area contributed by atoms with Crippen molar-refractivity contribution >= 4 is 23.9 Å². The highest BCUT2D eigenvalue weighted by atomic mass is 16.6. The summed E-state index contributed by atoms with van der Waals surface area (Å²) in [4.78, 5) is 53.2. The minimum Gasteiger partial charge on any atom is -0.480 e. The van der Waals surface area contributed by atoms with Gasteiger partial charge in [0.05, 0.1) is 5.41 Å². The second-order valence-corrected chi connectivity index (χ2v) is 12.1. The van der Waals surface area contributed by atoms with Gasteiger partial charge in [-0.25, -0.2) is 9.59 Å². The minimum atomic E-state index is -1.10. The molecule has 0 aromatic heterocycles. The van der Waals surface area contributed by atoms with E-state index in [2.05, 4.69) is 10.6 Å². The number of carboxylic acid groups (broad SMARTS) is 1. The molecule has 3 amide bonds. The summed E-state index contributed by atoms with van der Waals surface area (Å²) in [5.74, 6) is -1.75. The second kappa shape index (κ2) is 13.1.